The van der Waals surface area contributed by atoms with Crippen molar-refractivity contribution >= 4 is 5.91 Å². The van der Waals surface area contributed by atoms with Crippen molar-refractivity contribution in [1.82, 2.24) is 25.0 Å². The normalized spacial score (nSPS) is 15.3. The molecule has 0 radical (unpaired) electrons. The van der Waals surface area contributed by atoms with E-state index in [4.69, 9.17) is 4.74 Å². The van der Waals surface area contributed by atoms with Crippen LogP contribution in [0.5, 0.6) is 0 Å². The van der Waals surface area contributed by atoms with Gasteiger partial charge in [0.25, 0.3) is 0 Å². The largest absolute Gasteiger partial charge is 0.384 e. The van der Waals surface area contributed by atoms with Gasteiger partial charge in [-0.1, -0.05) is 24.0 Å². The van der Waals surface area contributed by atoms with Crippen LogP contribution in [0.15, 0.2) is 24.3 Å². The number of aliphatic hydroxyl groups is 1. The van der Waals surface area contributed by atoms with Gasteiger partial charge in [-0.25, -0.2) is 0 Å². The number of methoxy groups -OCH3 is 1. The minimum absolute atomic E-state index is 0.0531. The summed E-state index contributed by atoms with van der Waals surface area (Å²) in [4.78, 5) is 14.4. The van der Waals surface area contributed by atoms with Crippen LogP contribution in [0.25, 0.3) is 0 Å². The Labute approximate surface area is 190 Å². The Hall–Kier alpha value is -2.73. The van der Waals surface area contributed by atoms with Crippen LogP contribution in [-0.4, -0.2) is 63.1 Å². The summed E-state index contributed by atoms with van der Waals surface area (Å²) in [7, 11) is 1.58. The van der Waals surface area contributed by atoms with Gasteiger partial charge in [-0.2, -0.15) is 0 Å². The summed E-state index contributed by atoms with van der Waals surface area (Å²) in [6, 6.07) is 7.95. The zero-order valence-electron chi connectivity index (χ0n) is 19.4. The molecule has 1 aliphatic rings. The minimum Gasteiger partial charge on any atom is -0.384 e. The molecule has 1 atom stereocenters. The summed E-state index contributed by atoms with van der Waals surface area (Å²) < 4.78 is 7.10. The van der Waals surface area contributed by atoms with Crippen molar-refractivity contribution in [3.8, 4) is 11.8 Å². The minimum atomic E-state index is -0.993. The van der Waals surface area contributed by atoms with Crippen LogP contribution in [0.3, 0.4) is 0 Å². The van der Waals surface area contributed by atoms with Gasteiger partial charge >= 0.3 is 0 Å². The van der Waals surface area contributed by atoms with Crippen molar-refractivity contribution in [2.45, 2.75) is 58.3 Å². The highest BCUT2D eigenvalue weighted by molar-refractivity contribution is 5.76. The number of benzene rings is 1. The lowest BCUT2D eigenvalue weighted by Crippen LogP contribution is -2.30. The zero-order chi connectivity index (χ0) is 23.1. The van der Waals surface area contributed by atoms with Crippen molar-refractivity contribution in [2.24, 2.45) is 0 Å². The Morgan fingerprint density at radius 1 is 1.25 bits per heavy atom. The van der Waals surface area contributed by atoms with E-state index in [0.717, 1.165) is 49.8 Å². The van der Waals surface area contributed by atoms with Gasteiger partial charge in [0.05, 0.1) is 12.6 Å². The first-order chi connectivity index (χ1) is 15.2. The molecule has 2 N–H and O–H groups in total. The van der Waals surface area contributed by atoms with E-state index in [2.05, 4.69) is 49.0 Å². The van der Waals surface area contributed by atoms with E-state index in [1.807, 2.05) is 19.1 Å². The molecule has 3 rings (SSSR count). The van der Waals surface area contributed by atoms with Gasteiger partial charge in [-0.3, -0.25) is 9.69 Å². The van der Waals surface area contributed by atoms with Crippen molar-refractivity contribution in [3.05, 3.63) is 47.0 Å². The molecule has 0 bridgehead atoms. The number of aromatic nitrogens is 3. The Kier molecular flexibility index (Phi) is 8.02. The Bertz CT molecular complexity index is 966. The molecule has 2 heterocycles. The van der Waals surface area contributed by atoms with Crippen LogP contribution in [-0.2, 0) is 29.0 Å². The number of fused-ring (bicyclic) bond motifs is 1. The molecule has 2 aromatic rings. The Morgan fingerprint density at radius 3 is 2.69 bits per heavy atom. The number of carbonyl (C=O) groups is 1. The topological polar surface area (TPSA) is 92.5 Å². The number of nitrogens with zero attached hydrogens (tertiary/aromatic N) is 4. The van der Waals surface area contributed by atoms with Gasteiger partial charge < -0.3 is 19.7 Å². The van der Waals surface area contributed by atoms with E-state index in [1.54, 1.807) is 21.0 Å². The Balaban J connectivity index is 1.58. The smallest absolute Gasteiger partial charge is 0.222 e. The SMILES string of the molecule is COCCC(=O)NC(C)c1nnc2n1CCN(Cc1ccc(C#CC(C)(C)O)cc1)CC2. The van der Waals surface area contributed by atoms with Crippen molar-refractivity contribution < 1.29 is 14.6 Å². The number of hydrogen-bond donors (Lipinski definition) is 2. The number of carbonyl (C=O) groups excluding carboxylic acids is 1. The third kappa shape index (κ3) is 6.89. The number of amides is 1. The highest BCUT2D eigenvalue weighted by atomic mass is 16.5. The summed E-state index contributed by atoms with van der Waals surface area (Å²) in [6.07, 6.45) is 1.14. The van der Waals surface area contributed by atoms with Gasteiger partial charge in [-0.05, 0) is 38.5 Å². The molecule has 0 aliphatic carbocycles. The van der Waals surface area contributed by atoms with E-state index < -0.39 is 5.60 Å². The molecular formula is C24H33N5O3. The van der Waals surface area contributed by atoms with E-state index >= 15 is 0 Å². The first-order valence-corrected chi connectivity index (χ1v) is 11.0. The molecule has 8 heteroatoms. The van der Waals surface area contributed by atoms with E-state index in [9.17, 15) is 9.90 Å². The van der Waals surface area contributed by atoms with E-state index in [-0.39, 0.29) is 11.9 Å². The fraction of sp³-hybridized carbons (Fsp3) is 0.542. The molecule has 1 unspecified atom stereocenters. The highest BCUT2D eigenvalue weighted by Gasteiger charge is 2.22. The molecule has 0 saturated heterocycles. The lowest BCUT2D eigenvalue weighted by Gasteiger charge is -2.20. The summed E-state index contributed by atoms with van der Waals surface area (Å²) in [5.74, 6) is 7.54. The number of hydrogen-bond acceptors (Lipinski definition) is 6. The Morgan fingerprint density at radius 2 is 2.00 bits per heavy atom. The molecule has 1 aliphatic heterocycles. The monoisotopic (exact) mass is 439 g/mol. The average molecular weight is 440 g/mol. The second-order valence-electron chi connectivity index (χ2n) is 8.69. The van der Waals surface area contributed by atoms with Gasteiger partial charge in [0.2, 0.25) is 5.91 Å². The fourth-order valence-electron chi connectivity index (χ4n) is 3.62. The summed E-state index contributed by atoms with van der Waals surface area (Å²) >= 11 is 0. The first-order valence-electron chi connectivity index (χ1n) is 11.0. The highest BCUT2D eigenvalue weighted by Crippen LogP contribution is 2.17. The molecule has 1 aromatic carbocycles. The molecular weight excluding hydrogens is 406 g/mol. The van der Waals surface area contributed by atoms with Crippen LogP contribution in [0, 0.1) is 11.8 Å². The third-order valence-electron chi connectivity index (χ3n) is 5.32. The molecule has 0 fully saturated rings. The lowest BCUT2D eigenvalue weighted by molar-refractivity contribution is -0.122. The first kappa shape index (κ1) is 23.9. The maximum absolute atomic E-state index is 12.0. The van der Waals surface area contributed by atoms with Crippen molar-refractivity contribution in [3.63, 3.8) is 0 Å². The molecule has 1 amide bonds. The molecule has 32 heavy (non-hydrogen) atoms. The molecule has 172 valence electrons. The van der Waals surface area contributed by atoms with E-state index in [1.165, 1.54) is 5.56 Å². The van der Waals surface area contributed by atoms with Crippen LogP contribution < -0.4 is 5.32 Å². The maximum atomic E-state index is 12.0. The number of nitrogens with one attached hydrogen (secondary N) is 1. The summed E-state index contributed by atoms with van der Waals surface area (Å²) in [5.41, 5.74) is 1.12. The maximum Gasteiger partial charge on any atom is 0.222 e. The predicted molar refractivity (Wildman–Crippen MR) is 122 cm³/mol. The van der Waals surface area contributed by atoms with Crippen LogP contribution >= 0.6 is 0 Å². The summed E-state index contributed by atoms with van der Waals surface area (Å²) in [5, 5.41) is 21.4. The number of ether oxygens (including phenoxy) is 1. The quantitative estimate of drug-likeness (QED) is 0.638. The lowest BCUT2D eigenvalue weighted by atomic mass is 10.1. The van der Waals surface area contributed by atoms with Crippen LogP contribution in [0.4, 0.5) is 0 Å². The van der Waals surface area contributed by atoms with Gasteiger partial charge in [0.1, 0.15) is 11.4 Å². The third-order valence-corrected chi connectivity index (χ3v) is 5.32. The van der Waals surface area contributed by atoms with Gasteiger partial charge in [-0.15, -0.1) is 10.2 Å². The van der Waals surface area contributed by atoms with Crippen molar-refractivity contribution in [2.75, 3.05) is 26.8 Å². The standard InChI is InChI=1S/C24H33N5O3/c1-18(25-22(30)11-16-32-4)23-27-26-21-10-13-28(14-15-29(21)23)17-20-7-5-19(6-8-20)9-12-24(2,3)31/h5-8,18,31H,10-11,13-17H2,1-4H3,(H,25,30). The zero-order valence-corrected chi connectivity index (χ0v) is 19.4. The predicted octanol–water partition coefficient (Wildman–Crippen LogP) is 1.67. The second kappa shape index (κ2) is 10.7. The van der Waals surface area contributed by atoms with Crippen molar-refractivity contribution in [1.29, 1.82) is 0 Å². The molecule has 0 saturated carbocycles. The van der Waals surface area contributed by atoms with Gasteiger partial charge in [0, 0.05) is 51.7 Å². The number of rotatable bonds is 7. The molecule has 8 nitrogen and oxygen atoms in total. The van der Waals surface area contributed by atoms with Crippen LogP contribution in [0.2, 0.25) is 0 Å². The van der Waals surface area contributed by atoms with Crippen LogP contribution in [0.1, 0.15) is 56.0 Å². The van der Waals surface area contributed by atoms with Gasteiger partial charge in [0.15, 0.2) is 5.82 Å². The van der Waals surface area contributed by atoms with E-state index in [0.29, 0.717) is 13.0 Å². The molecule has 0 spiro atoms. The molecule has 1 aromatic heterocycles. The summed E-state index contributed by atoms with van der Waals surface area (Å²) in [6.45, 7) is 9.09. The second-order valence-corrected chi connectivity index (χ2v) is 8.69. The average Bonchev–Trinajstić information content (AvgIpc) is 3.06. The fourth-order valence-corrected chi connectivity index (χ4v) is 3.62.